The fraction of sp³-hybridized carbons (Fsp3) is 0. The highest BCUT2D eigenvalue weighted by Crippen LogP contribution is 2.24. The van der Waals surface area contributed by atoms with Gasteiger partial charge in [0.05, 0.1) is 16.6 Å². The standard InChI is InChI=1S/C8H5N3O2S/c12-8(13)5-4-10-14-7(5)6-2-1-3-9-11-6/h1-4H,(H,12,13). The number of rotatable bonds is 2. The number of nitrogens with zero attached hydrogens (tertiary/aromatic N) is 3. The van der Waals surface area contributed by atoms with E-state index in [1.807, 2.05) is 0 Å². The van der Waals surface area contributed by atoms with E-state index in [1.165, 1.54) is 12.4 Å². The minimum absolute atomic E-state index is 0.163. The molecule has 70 valence electrons. The Hall–Kier alpha value is -1.82. The Morgan fingerprint density at radius 2 is 2.36 bits per heavy atom. The van der Waals surface area contributed by atoms with Crippen LogP contribution in [0.2, 0.25) is 0 Å². The van der Waals surface area contributed by atoms with Crippen molar-refractivity contribution in [3.8, 4) is 10.6 Å². The summed E-state index contributed by atoms with van der Waals surface area (Å²) in [6, 6.07) is 3.40. The maximum Gasteiger partial charge on any atom is 0.338 e. The molecule has 0 aromatic carbocycles. The summed E-state index contributed by atoms with van der Waals surface area (Å²) in [7, 11) is 0. The summed E-state index contributed by atoms with van der Waals surface area (Å²) < 4.78 is 3.81. The molecular formula is C8H5N3O2S. The van der Waals surface area contributed by atoms with Crippen LogP contribution in [0.3, 0.4) is 0 Å². The van der Waals surface area contributed by atoms with Gasteiger partial charge < -0.3 is 5.11 Å². The van der Waals surface area contributed by atoms with Crippen molar-refractivity contribution in [2.45, 2.75) is 0 Å². The van der Waals surface area contributed by atoms with Crippen LogP contribution in [0.15, 0.2) is 24.5 Å². The fourth-order valence-corrected chi connectivity index (χ4v) is 1.70. The molecule has 0 aliphatic rings. The zero-order valence-electron chi connectivity index (χ0n) is 6.91. The SMILES string of the molecule is O=C(O)c1cnsc1-c1cccnn1. The third kappa shape index (κ3) is 1.47. The van der Waals surface area contributed by atoms with Gasteiger partial charge in [-0.05, 0) is 23.7 Å². The first-order valence-corrected chi connectivity index (χ1v) is 4.52. The number of carboxylic acid groups (broad SMARTS) is 1. The maximum absolute atomic E-state index is 10.8. The Balaban J connectivity index is 2.52. The Morgan fingerprint density at radius 1 is 1.50 bits per heavy atom. The maximum atomic E-state index is 10.8. The first kappa shape index (κ1) is 8.76. The molecule has 2 aromatic heterocycles. The fourth-order valence-electron chi connectivity index (χ4n) is 0.999. The van der Waals surface area contributed by atoms with Crippen molar-refractivity contribution in [3.63, 3.8) is 0 Å². The lowest BCUT2D eigenvalue weighted by atomic mass is 10.2. The summed E-state index contributed by atoms with van der Waals surface area (Å²) in [5, 5.41) is 16.3. The number of carboxylic acids is 1. The molecule has 14 heavy (non-hydrogen) atoms. The zero-order chi connectivity index (χ0) is 9.97. The predicted octanol–water partition coefficient (Wildman–Crippen LogP) is 1.30. The molecule has 0 saturated carbocycles. The number of aromatic nitrogens is 3. The molecule has 0 bridgehead atoms. The van der Waals surface area contributed by atoms with Crippen molar-refractivity contribution >= 4 is 17.5 Å². The van der Waals surface area contributed by atoms with Crippen molar-refractivity contribution in [2.24, 2.45) is 0 Å². The summed E-state index contributed by atoms with van der Waals surface area (Å²) in [5.74, 6) is -1.00. The normalized spacial score (nSPS) is 10.0. The minimum Gasteiger partial charge on any atom is -0.478 e. The van der Waals surface area contributed by atoms with Gasteiger partial charge in [-0.3, -0.25) is 0 Å². The van der Waals surface area contributed by atoms with E-state index in [9.17, 15) is 4.79 Å². The van der Waals surface area contributed by atoms with Gasteiger partial charge in [-0.1, -0.05) is 0 Å². The van der Waals surface area contributed by atoms with Gasteiger partial charge in [0.15, 0.2) is 0 Å². The second-order valence-electron chi connectivity index (χ2n) is 2.48. The van der Waals surface area contributed by atoms with Crippen LogP contribution in [0, 0.1) is 0 Å². The van der Waals surface area contributed by atoms with E-state index in [0.717, 1.165) is 11.5 Å². The first-order valence-electron chi connectivity index (χ1n) is 3.75. The molecular weight excluding hydrogens is 202 g/mol. The molecule has 1 N–H and O–H groups in total. The molecule has 0 spiro atoms. The van der Waals surface area contributed by atoms with Crippen molar-refractivity contribution in [1.29, 1.82) is 0 Å². The zero-order valence-corrected chi connectivity index (χ0v) is 7.73. The highest BCUT2D eigenvalue weighted by Gasteiger charge is 2.15. The average molecular weight is 207 g/mol. The number of hydrogen-bond acceptors (Lipinski definition) is 5. The van der Waals surface area contributed by atoms with Crippen LogP contribution in [0.1, 0.15) is 10.4 Å². The third-order valence-electron chi connectivity index (χ3n) is 1.61. The molecule has 0 aliphatic carbocycles. The van der Waals surface area contributed by atoms with Gasteiger partial charge in [-0.2, -0.15) is 9.47 Å². The van der Waals surface area contributed by atoms with E-state index < -0.39 is 5.97 Å². The molecule has 6 heteroatoms. The van der Waals surface area contributed by atoms with Crippen LogP contribution in [0.5, 0.6) is 0 Å². The molecule has 0 unspecified atom stereocenters. The van der Waals surface area contributed by atoms with Gasteiger partial charge in [0.2, 0.25) is 0 Å². The number of hydrogen-bond donors (Lipinski definition) is 1. The average Bonchev–Trinajstić information content (AvgIpc) is 2.67. The van der Waals surface area contributed by atoms with Gasteiger partial charge in [-0.25, -0.2) is 4.79 Å². The largest absolute Gasteiger partial charge is 0.478 e. The molecule has 2 aromatic rings. The van der Waals surface area contributed by atoms with Crippen LogP contribution in [0.25, 0.3) is 10.6 Å². The van der Waals surface area contributed by atoms with Gasteiger partial charge in [0, 0.05) is 6.20 Å². The molecule has 0 aliphatic heterocycles. The lowest BCUT2D eigenvalue weighted by molar-refractivity contribution is 0.0698. The summed E-state index contributed by atoms with van der Waals surface area (Å²) in [6.45, 7) is 0. The number of aromatic carboxylic acids is 1. The Bertz CT molecular complexity index is 455. The van der Waals surface area contributed by atoms with Crippen LogP contribution in [-0.2, 0) is 0 Å². The second kappa shape index (κ2) is 3.51. The van der Waals surface area contributed by atoms with Gasteiger partial charge in [0.1, 0.15) is 5.69 Å². The smallest absolute Gasteiger partial charge is 0.338 e. The van der Waals surface area contributed by atoms with Crippen molar-refractivity contribution in [3.05, 3.63) is 30.1 Å². The molecule has 2 rings (SSSR count). The summed E-state index contributed by atoms with van der Waals surface area (Å²) in [4.78, 5) is 11.3. The summed E-state index contributed by atoms with van der Waals surface area (Å²) >= 11 is 1.10. The lowest BCUT2D eigenvalue weighted by Crippen LogP contribution is -1.96. The third-order valence-corrected chi connectivity index (χ3v) is 2.43. The highest BCUT2D eigenvalue weighted by molar-refractivity contribution is 7.10. The van der Waals surface area contributed by atoms with Crippen molar-refractivity contribution in [2.75, 3.05) is 0 Å². The van der Waals surface area contributed by atoms with Gasteiger partial charge in [0.25, 0.3) is 0 Å². The molecule has 0 amide bonds. The molecule has 0 atom stereocenters. The van der Waals surface area contributed by atoms with Crippen LogP contribution in [0.4, 0.5) is 0 Å². The Labute approximate surface area is 83.2 Å². The topological polar surface area (TPSA) is 76.0 Å². The molecule has 0 radical (unpaired) electrons. The van der Waals surface area contributed by atoms with E-state index in [2.05, 4.69) is 14.6 Å². The second-order valence-corrected chi connectivity index (χ2v) is 3.28. The Morgan fingerprint density at radius 3 is 3.00 bits per heavy atom. The monoisotopic (exact) mass is 207 g/mol. The van der Waals surface area contributed by atoms with Crippen molar-refractivity contribution < 1.29 is 9.90 Å². The molecule has 5 nitrogen and oxygen atoms in total. The van der Waals surface area contributed by atoms with E-state index in [4.69, 9.17) is 5.11 Å². The van der Waals surface area contributed by atoms with Crippen LogP contribution in [-0.4, -0.2) is 25.6 Å². The van der Waals surface area contributed by atoms with Crippen molar-refractivity contribution in [1.82, 2.24) is 14.6 Å². The predicted molar refractivity (Wildman–Crippen MR) is 50.1 cm³/mol. The van der Waals surface area contributed by atoms with Gasteiger partial charge >= 0.3 is 5.97 Å². The molecule has 0 fully saturated rings. The summed E-state index contributed by atoms with van der Waals surface area (Å²) in [6.07, 6.45) is 2.85. The van der Waals surface area contributed by atoms with E-state index >= 15 is 0 Å². The first-order chi connectivity index (χ1) is 6.79. The molecule has 2 heterocycles. The van der Waals surface area contributed by atoms with E-state index in [0.29, 0.717) is 10.6 Å². The quantitative estimate of drug-likeness (QED) is 0.803. The van der Waals surface area contributed by atoms with Crippen LogP contribution < -0.4 is 0 Å². The lowest BCUT2D eigenvalue weighted by Gasteiger charge is -1.95. The molecule has 0 saturated heterocycles. The number of carbonyl (C=O) groups is 1. The van der Waals surface area contributed by atoms with E-state index in [1.54, 1.807) is 12.1 Å². The summed E-state index contributed by atoms with van der Waals surface area (Å²) in [5.41, 5.74) is 0.697. The minimum atomic E-state index is -1.00. The Kier molecular flexibility index (Phi) is 2.19. The highest BCUT2D eigenvalue weighted by atomic mass is 32.1. The van der Waals surface area contributed by atoms with Gasteiger partial charge in [-0.15, -0.1) is 5.10 Å². The van der Waals surface area contributed by atoms with Crippen LogP contribution >= 0.6 is 11.5 Å². The van der Waals surface area contributed by atoms with E-state index in [-0.39, 0.29) is 5.56 Å².